The summed E-state index contributed by atoms with van der Waals surface area (Å²) in [7, 11) is -3.55. The van der Waals surface area contributed by atoms with Crippen molar-refractivity contribution in [2.24, 2.45) is 0 Å². The van der Waals surface area contributed by atoms with E-state index in [1.54, 1.807) is 12.1 Å². The van der Waals surface area contributed by atoms with Gasteiger partial charge in [-0.15, -0.1) is 0 Å². The maximum absolute atomic E-state index is 12.9. The normalized spacial score (nSPS) is 15.2. The van der Waals surface area contributed by atoms with Gasteiger partial charge in [0.2, 0.25) is 10.0 Å². The van der Waals surface area contributed by atoms with Crippen LogP contribution in [0.15, 0.2) is 47.4 Å². The third-order valence-corrected chi connectivity index (χ3v) is 7.35. The highest BCUT2D eigenvalue weighted by molar-refractivity contribution is 7.89. The summed E-state index contributed by atoms with van der Waals surface area (Å²) in [6.45, 7) is 5.55. The predicted molar refractivity (Wildman–Crippen MR) is 116 cm³/mol. The summed E-state index contributed by atoms with van der Waals surface area (Å²) in [6.07, 6.45) is 4.57. The van der Waals surface area contributed by atoms with Crippen LogP contribution in [0.25, 0.3) is 0 Å². The third kappa shape index (κ3) is 5.46. The Balaban J connectivity index is 1.62. The SMILES string of the molecule is Cc1ccc(CCCNC(=O)c2cc(S(=O)(=O)N3CCCCC3)ccc2C)cc1. The van der Waals surface area contributed by atoms with Crippen LogP contribution in [0.2, 0.25) is 0 Å². The van der Waals surface area contributed by atoms with Crippen molar-refractivity contribution in [3.05, 3.63) is 64.7 Å². The maximum Gasteiger partial charge on any atom is 0.251 e. The molecule has 6 heteroatoms. The van der Waals surface area contributed by atoms with Gasteiger partial charge in [0.1, 0.15) is 0 Å². The molecule has 29 heavy (non-hydrogen) atoms. The fourth-order valence-electron chi connectivity index (χ4n) is 3.60. The van der Waals surface area contributed by atoms with E-state index < -0.39 is 10.0 Å². The smallest absolute Gasteiger partial charge is 0.251 e. The van der Waals surface area contributed by atoms with Crippen LogP contribution in [0.3, 0.4) is 0 Å². The lowest BCUT2D eigenvalue weighted by Gasteiger charge is -2.26. The number of hydrogen-bond donors (Lipinski definition) is 1. The van der Waals surface area contributed by atoms with E-state index in [1.807, 2.05) is 6.92 Å². The van der Waals surface area contributed by atoms with E-state index in [4.69, 9.17) is 0 Å². The topological polar surface area (TPSA) is 66.5 Å². The molecule has 1 heterocycles. The van der Waals surface area contributed by atoms with Crippen molar-refractivity contribution in [2.45, 2.75) is 50.8 Å². The number of amides is 1. The molecular weight excluding hydrogens is 384 g/mol. The Hall–Kier alpha value is -2.18. The molecule has 3 rings (SSSR count). The van der Waals surface area contributed by atoms with E-state index in [9.17, 15) is 13.2 Å². The second-order valence-corrected chi connectivity index (χ2v) is 9.72. The van der Waals surface area contributed by atoms with Gasteiger partial charge in [0.05, 0.1) is 4.90 Å². The van der Waals surface area contributed by atoms with Crippen LogP contribution in [-0.2, 0) is 16.4 Å². The molecule has 1 aliphatic rings. The van der Waals surface area contributed by atoms with Gasteiger partial charge in [-0.2, -0.15) is 4.31 Å². The summed E-state index contributed by atoms with van der Waals surface area (Å²) in [4.78, 5) is 12.9. The van der Waals surface area contributed by atoms with Crippen LogP contribution in [0, 0.1) is 13.8 Å². The highest BCUT2D eigenvalue weighted by Gasteiger charge is 2.27. The van der Waals surface area contributed by atoms with Crippen LogP contribution in [0.5, 0.6) is 0 Å². The van der Waals surface area contributed by atoms with Crippen molar-refractivity contribution in [2.75, 3.05) is 19.6 Å². The first kappa shape index (κ1) is 21.5. The van der Waals surface area contributed by atoms with E-state index >= 15 is 0 Å². The second kappa shape index (κ2) is 9.55. The average Bonchev–Trinajstić information content (AvgIpc) is 2.73. The van der Waals surface area contributed by atoms with Gasteiger partial charge in [-0.25, -0.2) is 8.42 Å². The van der Waals surface area contributed by atoms with E-state index in [0.717, 1.165) is 37.7 Å². The molecule has 0 bridgehead atoms. The Morgan fingerprint density at radius 3 is 2.38 bits per heavy atom. The quantitative estimate of drug-likeness (QED) is 0.700. The van der Waals surface area contributed by atoms with Crippen LogP contribution in [0.4, 0.5) is 0 Å². The summed E-state index contributed by atoms with van der Waals surface area (Å²) in [5.41, 5.74) is 3.68. The summed E-state index contributed by atoms with van der Waals surface area (Å²) in [5, 5.41) is 2.93. The van der Waals surface area contributed by atoms with Crippen molar-refractivity contribution in [3.8, 4) is 0 Å². The fraction of sp³-hybridized carbons (Fsp3) is 0.435. The van der Waals surface area contributed by atoms with E-state index in [0.29, 0.717) is 25.2 Å². The first-order valence-corrected chi connectivity index (χ1v) is 11.8. The number of hydrogen-bond acceptors (Lipinski definition) is 3. The monoisotopic (exact) mass is 414 g/mol. The van der Waals surface area contributed by atoms with Crippen molar-refractivity contribution in [1.82, 2.24) is 9.62 Å². The average molecular weight is 415 g/mol. The van der Waals surface area contributed by atoms with Gasteiger partial charge in [0.15, 0.2) is 0 Å². The van der Waals surface area contributed by atoms with Crippen LogP contribution < -0.4 is 5.32 Å². The zero-order valence-corrected chi connectivity index (χ0v) is 18.1. The Bertz CT molecular complexity index is 947. The number of piperidine rings is 1. The van der Waals surface area contributed by atoms with Gasteiger partial charge in [-0.1, -0.05) is 42.3 Å². The lowest BCUT2D eigenvalue weighted by molar-refractivity contribution is 0.0952. The minimum atomic E-state index is -3.55. The van der Waals surface area contributed by atoms with Gasteiger partial charge in [-0.3, -0.25) is 4.79 Å². The molecule has 0 atom stereocenters. The molecule has 0 spiro atoms. The summed E-state index contributed by atoms with van der Waals surface area (Å²) in [5.74, 6) is -0.220. The molecule has 1 fully saturated rings. The summed E-state index contributed by atoms with van der Waals surface area (Å²) < 4.78 is 27.3. The van der Waals surface area contributed by atoms with E-state index in [1.165, 1.54) is 21.5 Å². The molecule has 5 nitrogen and oxygen atoms in total. The first-order chi connectivity index (χ1) is 13.9. The third-order valence-electron chi connectivity index (χ3n) is 5.45. The zero-order chi connectivity index (χ0) is 20.9. The Kier molecular flexibility index (Phi) is 7.09. The number of sulfonamides is 1. The molecule has 1 N–H and O–H groups in total. The first-order valence-electron chi connectivity index (χ1n) is 10.3. The van der Waals surface area contributed by atoms with Crippen molar-refractivity contribution < 1.29 is 13.2 Å². The number of carbonyl (C=O) groups is 1. The zero-order valence-electron chi connectivity index (χ0n) is 17.3. The van der Waals surface area contributed by atoms with Crippen molar-refractivity contribution in [1.29, 1.82) is 0 Å². The number of nitrogens with one attached hydrogen (secondary N) is 1. The molecule has 0 radical (unpaired) electrons. The fourth-order valence-corrected chi connectivity index (χ4v) is 5.15. The molecule has 156 valence electrons. The Labute approximate surface area is 174 Å². The van der Waals surface area contributed by atoms with Gasteiger partial charge in [-0.05, 0) is 62.8 Å². The Morgan fingerprint density at radius 1 is 1.00 bits per heavy atom. The minimum absolute atomic E-state index is 0.204. The van der Waals surface area contributed by atoms with Gasteiger partial charge in [0, 0.05) is 25.2 Å². The summed E-state index contributed by atoms with van der Waals surface area (Å²) in [6, 6.07) is 13.2. The lowest BCUT2D eigenvalue weighted by atomic mass is 10.1. The predicted octanol–water partition coefficient (Wildman–Crippen LogP) is 3.84. The lowest BCUT2D eigenvalue weighted by Crippen LogP contribution is -2.35. The number of benzene rings is 2. The summed E-state index contributed by atoms with van der Waals surface area (Å²) >= 11 is 0. The molecule has 2 aromatic carbocycles. The van der Waals surface area contributed by atoms with Crippen molar-refractivity contribution in [3.63, 3.8) is 0 Å². The molecule has 1 aliphatic heterocycles. The maximum atomic E-state index is 12.9. The van der Waals surface area contributed by atoms with E-state index in [2.05, 4.69) is 36.5 Å². The molecule has 2 aromatic rings. The highest BCUT2D eigenvalue weighted by Crippen LogP contribution is 2.23. The second-order valence-electron chi connectivity index (χ2n) is 7.79. The number of aryl methyl sites for hydroxylation is 3. The molecule has 0 aromatic heterocycles. The minimum Gasteiger partial charge on any atom is -0.352 e. The molecule has 0 saturated carbocycles. The molecule has 1 amide bonds. The largest absolute Gasteiger partial charge is 0.352 e. The number of rotatable bonds is 7. The molecule has 0 unspecified atom stereocenters. The number of carbonyl (C=O) groups excluding carboxylic acids is 1. The van der Waals surface area contributed by atoms with Crippen LogP contribution >= 0.6 is 0 Å². The molecule has 1 saturated heterocycles. The van der Waals surface area contributed by atoms with Crippen molar-refractivity contribution >= 4 is 15.9 Å². The standard InChI is InChI=1S/C23H30N2O3S/c1-18-8-11-20(12-9-18)7-6-14-24-23(26)22-17-21(13-10-19(22)2)29(27,28)25-15-4-3-5-16-25/h8-13,17H,3-7,14-16H2,1-2H3,(H,24,26). The van der Waals surface area contributed by atoms with Gasteiger partial charge < -0.3 is 5.32 Å². The van der Waals surface area contributed by atoms with Crippen LogP contribution in [-0.4, -0.2) is 38.3 Å². The Morgan fingerprint density at radius 2 is 1.69 bits per heavy atom. The highest BCUT2D eigenvalue weighted by atomic mass is 32.2. The van der Waals surface area contributed by atoms with Gasteiger partial charge >= 0.3 is 0 Å². The van der Waals surface area contributed by atoms with Gasteiger partial charge in [0.25, 0.3) is 5.91 Å². The van der Waals surface area contributed by atoms with E-state index in [-0.39, 0.29) is 10.8 Å². The number of nitrogens with zero attached hydrogens (tertiary/aromatic N) is 1. The molecular formula is C23H30N2O3S. The molecule has 0 aliphatic carbocycles. The van der Waals surface area contributed by atoms with Crippen LogP contribution in [0.1, 0.15) is 52.7 Å².